The highest BCUT2D eigenvalue weighted by molar-refractivity contribution is 6.44. The largest absolute Gasteiger partial charge is 0.462 e. The molecule has 0 radical (unpaired) electrons. The summed E-state index contributed by atoms with van der Waals surface area (Å²) in [5.74, 6) is -2.03. The molecule has 0 saturated heterocycles. The van der Waals surface area contributed by atoms with Crippen LogP contribution in [0.4, 0.5) is 11.4 Å². The second-order valence-electron chi connectivity index (χ2n) is 5.87. The van der Waals surface area contributed by atoms with Crippen LogP contribution in [0, 0.1) is 0 Å². The topological polar surface area (TPSA) is 75.7 Å². The van der Waals surface area contributed by atoms with Gasteiger partial charge in [0, 0.05) is 12.2 Å². The molecule has 6 heteroatoms. The number of anilines is 2. The predicted octanol–water partition coefficient (Wildman–Crippen LogP) is 3.64. The Labute approximate surface area is 159 Å². The Morgan fingerprint density at radius 3 is 2.30 bits per heavy atom. The van der Waals surface area contributed by atoms with E-state index in [1.54, 1.807) is 55.5 Å². The van der Waals surface area contributed by atoms with Crippen molar-refractivity contribution in [3.63, 3.8) is 0 Å². The number of carbonyl (C=O) groups excluding carboxylic acids is 3. The van der Waals surface area contributed by atoms with Gasteiger partial charge in [0.2, 0.25) is 0 Å². The quantitative estimate of drug-likeness (QED) is 0.460. The number of esters is 1. The van der Waals surface area contributed by atoms with Gasteiger partial charge in [-0.2, -0.15) is 0 Å². The second kappa shape index (κ2) is 10.1. The molecule has 142 valence electrons. The van der Waals surface area contributed by atoms with Gasteiger partial charge >= 0.3 is 17.8 Å². The van der Waals surface area contributed by atoms with E-state index in [1.807, 2.05) is 13.0 Å². The van der Waals surface area contributed by atoms with Gasteiger partial charge in [-0.25, -0.2) is 4.79 Å². The minimum absolute atomic E-state index is 0.220. The van der Waals surface area contributed by atoms with E-state index in [0.29, 0.717) is 18.8 Å². The molecule has 0 unspecified atom stereocenters. The summed E-state index contributed by atoms with van der Waals surface area (Å²) in [5.41, 5.74) is 1.10. The highest BCUT2D eigenvalue weighted by atomic mass is 16.5. The van der Waals surface area contributed by atoms with Gasteiger partial charge in [0.1, 0.15) is 0 Å². The summed E-state index contributed by atoms with van der Waals surface area (Å²) in [6, 6.07) is 15.4. The molecular weight excluding hydrogens is 344 g/mol. The first-order chi connectivity index (χ1) is 13.1. The first kappa shape index (κ1) is 20.2. The Kier molecular flexibility index (Phi) is 7.55. The molecule has 1 N–H and O–H groups in total. The Morgan fingerprint density at radius 2 is 1.63 bits per heavy atom. The van der Waals surface area contributed by atoms with Crippen molar-refractivity contribution in [2.24, 2.45) is 0 Å². The third-order valence-electron chi connectivity index (χ3n) is 3.95. The summed E-state index contributed by atoms with van der Waals surface area (Å²) >= 11 is 0. The van der Waals surface area contributed by atoms with E-state index < -0.39 is 17.8 Å². The average Bonchev–Trinajstić information content (AvgIpc) is 2.69. The van der Waals surface area contributed by atoms with E-state index in [-0.39, 0.29) is 11.3 Å². The molecule has 0 atom stereocenters. The van der Waals surface area contributed by atoms with Crippen LogP contribution in [0.5, 0.6) is 0 Å². The van der Waals surface area contributed by atoms with E-state index in [4.69, 9.17) is 4.74 Å². The van der Waals surface area contributed by atoms with Crippen molar-refractivity contribution in [3.8, 4) is 0 Å². The minimum atomic E-state index is -0.811. The van der Waals surface area contributed by atoms with Crippen molar-refractivity contribution >= 4 is 29.2 Å². The number of benzene rings is 2. The molecule has 0 heterocycles. The van der Waals surface area contributed by atoms with Gasteiger partial charge < -0.3 is 15.0 Å². The summed E-state index contributed by atoms with van der Waals surface area (Å²) in [6.07, 6.45) is 1.67. The molecule has 0 spiro atoms. The third-order valence-corrected chi connectivity index (χ3v) is 3.95. The molecule has 0 aromatic heterocycles. The predicted molar refractivity (Wildman–Crippen MR) is 105 cm³/mol. The number of hydrogen-bond donors (Lipinski definition) is 1. The lowest BCUT2D eigenvalue weighted by Gasteiger charge is -2.20. The first-order valence-electron chi connectivity index (χ1n) is 9.02. The number of ether oxygens (including phenoxy) is 1. The maximum Gasteiger partial charge on any atom is 0.340 e. The molecule has 0 bridgehead atoms. The van der Waals surface area contributed by atoms with Gasteiger partial charge in [0.15, 0.2) is 0 Å². The summed E-state index contributed by atoms with van der Waals surface area (Å²) < 4.78 is 5.20. The highest BCUT2D eigenvalue weighted by Crippen LogP contribution is 2.18. The molecule has 27 heavy (non-hydrogen) atoms. The van der Waals surface area contributed by atoms with Gasteiger partial charge in [0.05, 0.1) is 17.9 Å². The van der Waals surface area contributed by atoms with Crippen molar-refractivity contribution in [1.29, 1.82) is 0 Å². The SMILES string of the molecule is CCCCOC(=O)c1ccccc1NC(=O)C(=O)N(CC)c1ccccc1. The Balaban J connectivity index is 2.13. The zero-order chi connectivity index (χ0) is 19.6. The van der Waals surface area contributed by atoms with Crippen molar-refractivity contribution in [2.45, 2.75) is 26.7 Å². The Bertz CT molecular complexity index is 790. The smallest absolute Gasteiger partial charge is 0.340 e. The molecule has 2 rings (SSSR count). The monoisotopic (exact) mass is 368 g/mol. The standard InChI is InChI=1S/C21H24N2O4/c1-3-5-15-27-21(26)17-13-9-10-14-18(17)22-19(24)20(25)23(4-2)16-11-7-6-8-12-16/h6-14H,3-5,15H2,1-2H3,(H,22,24). The maximum atomic E-state index is 12.6. The van der Waals surface area contributed by atoms with E-state index >= 15 is 0 Å². The summed E-state index contributed by atoms with van der Waals surface area (Å²) in [7, 11) is 0. The molecule has 6 nitrogen and oxygen atoms in total. The van der Waals surface area contributed by atoms with Crippen LogP contribution in [0.25, 0.3) is 0 Å². The molecule has 0 fully saturated rings. The van der Waals surface area contributed by atoms with E-state index in [0.717, 1.165) is 12.8 Å². The van der Waals surface area contributed by atoms with Crippen LogP contribution in [0.1, 0.15) is 37.0 Å². The maximum absolute atomic E-state index is 12.6. The van der Waals surface area contributed by atoms with Gasteiger partial charge in [0.25, 0.3) is 0 Å². The van der Waals surface area contributed by atoms with Crippen LogP contribution >= 0.6 is 0 Å². The number of amides is 2. The van der Waals surface area contributed by atoms with Crippen LogP contribution in [-0.2, 0) is 14.3 Å². The minimum Gasteiger partial charge on any atom is -0.462 e. The zero-order valence-corrected chi connectivity index (χ0v) is 15.6. The third kappa shape index (κ3) is 5.41. The Morgan fingerprint density at radius 1 is 0.963 bits per heavy atom. The number of nitrogens with zero attached hydrogens (tertiary/aromatic N) is 1. The van der Waals surface area contributed by atoms with E-state index in [9.17, 15) is 14.4 Å². The number of rotatable bonds is 7. The Hall–Kier alpha value is -3.15. The van der Waals surface area contributed by atoms with Crippen LogP contribution < -0.4 is 10.2 Å². The molecular formula is C21H24N2O4. The molecule has 2 aromatic rings. The van der Waals surface area contributed by atoms with E-state index in [1.165, 1.54) is 4.90 Å². The lowest BCUT2D eigenvalue weighted by atomic mass is 10.1. The number of nitrogens with one attached hydrogen (secondary N) is 1. The highest BCUT2D eigenvalue weighted by Gasteiger charge is 2.23. The molecule has 0 aliphatic rings. The van der Waals surface area contributed by atoms with Gasteiger partial charge in [-0.1, -0.05) is 43.7 Å². The molecule has 0 aliphatic heterocycles. The van der Waals surface area contributed by atoms with Crippen LogP contribution in [0.3, 0.4) is 0 Å². The number of likely N-dealkylation sites (N-methyl/N-ethyl adjacent to an activating group) is 1. The van der Waals surface area contributed by atoms with Crippen LogP contribution in [-0.4, -0.2) is 30.9 Å². The van der Waals surface area contributed by atoms with Crippen molar-refractivity contribution < 1.29 is 19.1 Å². The number of carbonyl (C=O) groups is 3. The van der Waals surface area contributed by atoms with Gasteiger partial charge in [-0.15, -0.1) is 0 Å². The van der Waals surface area contributed by atoms with E-state index in [2.05, 4.69) is 5.32 Å². The summed E-state index contributed by atoms with van der Waals surface area (Å²) in [4.78, 5) is 38.6. The second-order valence-corrected chi connectivity index (χ2v) is 5.87. The summed E-state index contributed by atoms with van der Waals surface area (Å²) in [5, 5.41) is 2.54. The van der Waals surface area contributed by atoms with Gasteiger partial charge in [-0.05, 0) is 37.6 Å². The van der Waals surface area contributed by atoms with Crippen molar-refractivity contribution in [2.75, 3.05) is 23.4 Å². The zero-order valence-electron chi connectivity index (χ0n) is 15.6. The molecule has 0 aliphatic carbocycles. The number of hydrogen-bond acceptors (Lipinski definition) is 4. The lowest BCUT2D eigenvalue weighted by molar-refractivity contribution is -0.134. The molecule has 0 saturated carbocycles. The molecule has 2 amide bonds. The van der Waals surface area contributed by atoms with Crippen LogP contribution in [0.15, 0.2) is 54.6 Å². The number of unbranched alkanes of at least 4 members (excludes halogenated alkanes) is 1. The fraction of sp³-hybridized carbons (Fsp3) is 0.286. The van der Waals surface area contributed by atoms with Crippen molar-refractivity contribution in [3.05, 3.63) is 60.2 Å². The molecule has 2 aromatic carbocycles. The fourth-order valence-corrected chi connectivity index (χ4v) is 2.51. The fourth-order valence-electron chi connectivity index (χ4n) is 2.51. The van der Waals surface area contributed by atoms with Gasteiger partial charge in [-0.3, -0.25) is 9.59 Å². The number of para-hydroxylation sites is 2. The van der Waals surface area contributed by atoms with Crippen molar-refractivity contribution in [1.82, 2.24) is 0 Å². The normalized spacial score (nSPS) is 10.1. The van der Waals surface area contributed by atoms with Crippen LogP contribution in [0.2, 0.25) is 0 Å². The lowest BCUT2D eigenvalue weighted by Crippen LogP contribution is -2.40. The summed E-state index contributed by atoms with van der Waals surface area (Å²) in [6.45, 7) is 4.45. The average molecular weight is 368 g/mol. The first-order valence-corrected chi connectivity index (χ1v) is 9.02.